The minimum absolute atomic E-state index is 0.954. The highest BCUT2D eigenvalue weighted by atomic mass is 14.9. The molecule has 0 bridgehead atoms. The summed E-state index contributed by atoms with van der Waals surface area (Å²) in [5.41, 5.74) is 5.07. The van der Waals surface area contributed by atoms with Gasteiger partial charge in [-0.25, -0.2) is 0 Å². The molecule has 1 aromatic carbocycles. The minimum Gasteiger partial charge on any atom is -0.357 e. The predicted molar refractivity (Wildman–Crippen MR) is 69.0 cm³/mol. The van der Waals surface area contributed by atoms with Gasteiger partial charge in [-0.05, 0) is 11.6 Å². The van der Waals surface area contributed by atoms with Crippen LogP contribution >= 0.6 is 0 Å². The van der Waals surface area contributed by atoms with E-state index in [0.717, 1.165) is 25.0 Å². The molecule has 0 spiro atoms. The van der Waals surface area contributed by atoms with Gasteiger partial charge in [0.1, 0.15) is 0 Å². The summed E-state index contributed by atoms with van der Waals surface area (Å²) in [6.45, 7) is 2.01. The van der Waals surface area contributed by atoms with E-state index in [1.165, 1.54) is 27.5 Å². The molecule has 3 nitrogen and oxygen atoms in total. The number of benzene rings is 1. The minimum atomic E-state index is 0.954. The zero-order valence-electron chi connectivity index (χ0n) is 9.46. The second-order valence-corrected chi connectivity index (χ2v) is 4.57. The lowest BCUT2D eigenvalue weighted by Gasteiger charge is -2.12. The van der Waals surface area contributed by atoms with Gasteiger partial charge in [0.05, 0.1) is 11.0 Å². The maximum absolute atomic E-state index is 4.54. The number of hydrogen-bond donors (Lipinski definition) is 2. The van der Waals surface area contributed by atoms with Crippen molar-refractivity contribution in [2.45, 2.75) is 13.0 Å². The molecule has 17 heavy (non-hydrogen) atoms. The van der Waals surface area contributed by atoms with Crippen LogP contribution in [0.1, 0.15) is 11.3 Å². The third-order valence-corrected chi connectivity index (χ3v) is 3.59. The lowest BCUT2D eigenvalue weighted by Crippen LogP contribution is -2.22. The van der Waals surface area contributed by atoms with Gasteiger partial charge in [0.2, 0.25) is 0 Å². The Morgan fingerprint density at radius 3 is 3.06 bits per heavy atom. The molecule has 1 aliphatic heterocycles. The second-order valence-electron chi connectivity index (χ2n) is 4.57. The third-order valence-electron chi connectivity index (χ3n) is 3.59. The van der Waals surface area contributed by atoms with Crippen molar-refractivity contribution in [3.05, 3.63) is 41.7 Å². The molecular formula is C14H13N3. The average Bonchev–Trinajstić information content (AvgIpc) is 2.78. The first-order valence-corrected chi connectivity index (χ1v) is 6.01. The Morgan fingerprint density at radius 2 is 2.06 bits per heavy atom. The van der Waals surface area contributed by atoms with Crippen LogP contribution < -0.4 is 5.32 Å². The fourth-order valence-corrected chi connectivity index (χ4v) is 2.74. The standard InChI is InChI=1S/C14H13N3/c1-2-4-12-9(3-1)14-11(8-16-12)10-7-15-6-5-13(10)17-14/h1-4,8,15,17H,5-7H2. The second kappa shape index (κ2) is 3.31. The molecule has 1 aliphatic rings. The first-order chi connectivity index (χ1) is 8.43. The number of fused-ring (bicyclic) bond motifs is 5. The molecule has 0 amide bonds. The Hall–Kier alpha value is -1.87. The number of para-hydroxylation sites is 1. The molecule has 0 fully saturated rings. The fraction of sp³-hybridized carbons (Fsp3) is 0.214. The van der Waals surface area contributed by atoms with Crippen LogP contribution in [0.4, 0.5) is 0 Å². The van der Waals surface area contributed by atoms with Crippen LogP contribution in [0.5, 0.6) is 0 Å². The van der Waals surface area contributed by atoms with E-state index in [-0.39, 0.29) is 0 Å². The Morgan fingerprint density at radius 1 is 1.12 bits per heavy atom. The van der Waals surface area contributed by atoms with E-state index in [0.29, 0.717) is 0 Å². The summed E-state index contributed by atoms with van der Waals surface area (Å²) in [4.78, 5) is 8.12. The normalized spacial score (nSPS) is 15.3. The monoisotopic (exact) mass is 223 g/mol. The first-order valence-electron chi connectivity index (χ1n) is 6.01. The SMILES string of the molecule is c1ccc2c(c1)ncc1c3c([nH]c12)CCNC3. The highest BCUT2D eigenvalue weighted by molar-refractivity contribution is 6.04. The summed E-state index contributed by atoms with van der Waals surface area (Å²) < 4.78 is 0. The van der Waals surface area contributed by atoms with Gasteiger partial charge in [-0.3, -0.25) is 4.98 Å². The number of hydrogen-bond acceptors (Lipinski definition) is 2. The van der Waals surface area contributed by atoms with Crippen LogP contribution in [0.2, 0.25) is 0 Å². The number of nitrogens with one attached hydrogen (secondary N) is 2. The van der Waals surface area contributed by atoms with Crippen molar-refractivity contribution < 1.29 is 0 Å². The highest BCUT2D eigenvalue weighted by Gasteiger charge is 2.16. The Labute approximate surface area is 98.9 Å². The highest BCUT2D eigenvalue weighted by Crippen LogP contribution is 2.29. The average molecular weight is 223 g/mol. The van der Waals surface area contributed by atoms with Gasteiger partial charge < -0.3 is 10.3 Å². The van der Waals surface area contributed by atoms with E-state index in [9.17, 15) is 0 Å². The van der Waals surface area contributed by atoms with Crippen LogP contribution in [-0.2, 0) is 13.0 Å². The number of rotatable bonds is 0. The Bertz CT molecular complexity index is 712. The topological polar surface area (TPSA) is 40.7 Å². The first kappa shape index (κ1) is 9.19. The van der Waals surface area contributed by atoms with Crippen molar-refractivity contribution in [3.63, 3.8) is 0 Å². The largest absolute Gasteiger partial charge is 0.357 e. The number of aromatic amines is 1. The van der Waals surface area contributed by atoms with E-state index in [1.807, 2.05) is 12.3 Å². The van der Waals surface area contributed by atoms with Crippen molar-refractivity contribution >= 4 is 21.8 Å². The smallest absolute Gasteiger partial charge is 0.0723 e. The maximum atomic E-state index is 4.54. The number of aromatic nitrogens is 2. The molecule has 84 valence electrons. The molecule has 0 saturated carbocycles. The molecule has 3 heteroatoms. The molecule has 2 N–H and O–H groups in total. The number of H-pyrrole nitrogens is 1. The summed E-state index contributed by atoms with van der Waals surface area (Å²) in [5.74, 6) is 0. The van der Waals surface area contributed by atoms with Crippen LogP contribution in [-0.4, -0.2) is 16.5 Å². The summed E-state index contributed by atoms with van der Waals surface area (Å²) in [5, 5.41) is 5.91. The quantitative estimate of drug-likeness (QED) is 0.614. The van der Waals surface area contributed by atoms with Gasteiger partial charge in [0, 0.05) is 42.2 Å². The molecule has 3 aromatic rings. The molecule has 0 saturated heterocycles. The third kappa shape index (κ3) is 1.23. The van der Waals surface area contributed by atoms with E-state index in [2.05, 4.69) is 33.5 Å². The van der Waals surface area contributed by atoms with Crippen LogP contribution in [0, 0.1) is 0 Å². The maximum Gasteiger partial charge on any atom is 0.0723 e. The molecule has 2 aromatic heterocycles. The van der Waals surface area contributed by atoms with Crippen LogP contribution in [0.15, 0.2) is 30.5 Å². The van der Waals surface area contributed by atoms with Gasteiger partial charge in [-0.2, -0.15) is 0 Å². The summed E-state index contributed by atoms with van der Waals surface area (Å²) in [7, 11) is 0. The van der Waals surface area contributed by atoms with Crippen LogP contribution in [0.3, 0.4) is 0 Å². The molecule has 0 unspecified atom stereocenters. The fourth-order valence-electron chi connectivity index (χ4n) is 2.74. The molecule has 3 heterocycles. The molecule has 0 atom stereocenters. The zero-order valence-corrected chi connectivity index (χ0v) is 9.46. The van der Waals surface area contributed by atoms with E-state index < -0.39 is 0 Å². The van der Waals surface area contributed by atoms with Gasteiger partial charge in [0.25, 0.3) is 0 Å². The van der Waals surface area contributed by atoms with Crippen molar-refractivity contribution in [2.75, 3.05) is 6.54 Å². The number of nitrogens with zero attached hydrogens (tertiary/aromatic N) is 1. The van der Waals surface area contributed by atoms with E-state index >= 15 is 0 Å². The van der Waals surface area contributed by atoms with Gasteiger partial charge >= 0.3 is 0 Å². The lowest BCUT2D eigenvalue weighted by atomic mass is 10.1. The van der Waals surface area contributed by atoms with Gasteiger partial charge in [-0.15, -0.1) is 0 Å². The van der Waals surface area contributed by atoms with Crippen molar-refractivity contribution in [1.29, 1.82) is 0 Å². The zero-order chi connectivity index (χ0) is 11.2. The molecule has 4 rings (SSSR count). The lowest BCUT2D eigenvalue weighted by molar-refractivity contribution is 0.641. The summed E-state index contributed by atoms with van der Waals surface area (Å²) in [6, 6.07) is 8.31. The molecule has 0 aliphatic carbocycles. The van der Waals surface area contributed by atoms with E-state index in [4.69, 9.17) is 0 Å². The predicted octanol–water partition coefficient (Wildman–Crippen LogP) is 2.36. The molecular weight excluding hydrogens is 210 g/mol. The Balaban J connectivity index is 2.16. The number of pyridine rings is 1. The van der Waals surface area contributed by atoms with Crippen LogP contribution in [0.25, 0.3) is 21.8 Å². The Kier molecular flexibility index (Phi) is 1.79. The van der Waals surface area contributed by atoms with Crippen molar-refractivity contribution in [2.24, 2.45) is 0 Å². The molecule has 0 radical (unpaired) electrons. The van der Waals surface area contributed by atoms with Crippen molar-refractivity contribution in [1.82, 2.24) is 15.3 Å². The summed E-state index contributed by atoms with van der Waals surface area (Å²) >= 11 is 0. The van der Waals surface area contributed by atoms with E-state index in [1.54, 1.807) is 0 Å². The van der Waals surface area contributed by atoms with Crippen molar-refractivity contribution in [3.8, 4) is 0 Å². The van der Waals surface area contributed by atoms with Gasteiger partial charge in [0.15, 0.2) is 0 Å². The summed E-state index contributed by atoms with van der Waals surface area (Å²) in [6.07, 6.45) is 3.08. The van der Waals surface area contributed by atoms with Gasteiger partial charge in [-0.1, -0.05) is 18.2 Å².